The lowest BCUT2D eigenvalue weighted by Gasteiger charge is -2.29. The van der Waals surface area contributed by atoms with Gasteiger partial charge in [0.05, 0.1) is 22.4 Å². The molecule has 3 rings (SSSR count). The fourth-order valence-electron chi connectivity index (χ4n) is 2.63. The highest BCUT2D eigenvalue weighted by atomic mass is 79.9. The van der Waals surface area contributed by atoms with Crippen molar-refractivity contribution in [2.45, 2.75) is 17.9 Å². The summed E-state index contributed by atoms with van der Waals surface area (Å²) < 4.78 is 52.0. The maximum absolute atomic E-state index is 13.2. The minimum atomic E-state index is -3.92. The normalized spacial score (nSPS) is 19.0. The van der Waals surface area contributed by atoms with Gasteiger partial charge in [0.15, 0.2) is 9.84 Å². The van der Waals surface area contributed by atoms with Crippen molar-refractivity contribution < 1.29 is 16.8 Å². The molecule has 0 saturated heterocycles. The molecule has 0 spiro atoms. The third-order valence-corrected chi connectivity index (χ3v) is 7.65. The Morgan fingerprint density at radius 3 is 2.16 bits per heavy atom. The molecule has 1 atom stereocenters. The zero-order valence-corrected chi connectivity index (χ0v) is 16.6. The van der Waals surface area contributed by atoms with Gasteiger partial charge in [-0.15, -0.1) is 0 Å². The van der Waals surface area contributed by atoms with Crippen LogP contribution in [0.5, 0.6) is 0 Å². The van der Waals surface area contributed by atoms with Crippen molar-refractivity contribution in [3.63, 3.8) is 0 Å². The van der Waals surface area contributed by atoms with Crippen LogP contribution in [0.3, 0.4) is 0 Å². The Morgan fingerprint density at radius 1 is 1.04 bits per heavy atom. The van der Waals surface area contributed by atoms with Gasteiger partial charge in [-0.2, -0.15) is 0 Å². The Kier molecular flexibility index (Phi) is 4.78. The van der Waals surface area contributed by atoms with E-state index in [9.17, 15) is 16.8 Å². The number of benzene rings is 2. The molecular weight excluding hydrogens is 426 g/mol. The van der Waals surface area contributed by atoms with Crippen LogP contribution in [0.15, 0.2) is 69.4 Å². The molecule has 132 valence electrons. The Labute approximate surface area is 156 Å². The van der Waals surface area contributed by atoms with Crippen molar-refractivity contribution in [2.75, 3.05) is 10.1 Å². The standard InChI is InChI=1S/C17H16BrNO4S2/c1-13-2-6-15(7-3-13)19(16-10-11-24(20,21)12-16)25(22,23)17-8-4-14(18)5-9-17/h2-11,16H,12H2,1H3. The molecule has 0 amide bonds. The number of nitrogens with zero attached hydrogens (tertiary/aromatic N) is 1. The summed E-state index contributed by atoms with van der Waals surface area (Å²) in [6, 6.07) is 12.5. The van der Waals surface area contributed by atoms with E-state index in [2.05, 4.69) is 15.9 Å². The summed E-state index contributed by atoms with van der Waals surface area (Å²) >= 11 is 3.28. The molecule has 2 aromatic carbocycles. The van der Waals surface area contributed by atoms with Gasteiger partial charge in [0, 0.05) is 9.88 Å². The van der Waals surface area contributed by atoms with Crippen LogP contribution in [0.25, 0.3) is 0 Å². The van der Waals surface area contributed by atoms with Crippen molar-refractivity contribution in [3.05, 3.63) is 70.1 Å². The summed E-state index contributed by atoms with van der Waals surface area (Å²) in [4.78, 5) is 0.106. The number of hydrogen-bond donors (Lipinski definition) is 0. The highest BCUT2D eigenvalue weighted by molar-refractivity contribution is 9.10. The Hall–Kier alpha value is -1.64. The summed E-state index contributed by atoms with van der Waals surface area (Å²) in [6.45, 7) is 1.90. The smallest absolute Gasteiger partial charge is 0.258 e. The van der Waals surface area contributed by atoms with Crippen LogP contribution >= 0.6 is 15.9 Å². The molecule has 25 heavy (non-hydrogen) atoms. The number of rotatable bonds is 4. The second kappa shape index (κ2) is 6.59. The van der Waals surface area contributed by atoms with Gasteiger partial charge in [0.25, 0.3) is 10.0 Å². The zero-order valence-electron chi connectivity index (χ0n) is 13.3. The summed E-state index contributed by atoms with van der Waals surface area (Å²) in [5.74, 6) is -0.267. The number of sulfone groups is 1. The van der Waals surface area contributed by atoms with Gasteiger partial charge >= 0.3 is 0 Å². The van der Waals surface area contributed by atoms with E-state index >= 15 is 0 Å². The van der Waals surface area contributed by atoms with Crippen LogP contribution in [0.4, 0.5) is 5.69 Å². The molecule has 0 N–H and O–H groups in total. The van der Waals surface area contributed by atoms with Gasteiger partial charge in [-0.3, -0.25) is 4.31 Å². The van der Waals surface area contributed by atoms with E-state index in [0.29, 0.717) is 5.69 Å². The van der Waals surface area contributed by atoms with E-state index < -0.39 is 25.9 Å². The summed E-state index contributed by atoms with van der Waals surface area (Å²) in [6.07, 6.45) is 1.42. The van der Waals surface area contributed by atoms with Crippen LogP contribution in [-0.2, 0) is 19.9 Å². The van der Waals surface area contributed by atoms with E-state index in [4.69, 9.17) is 0 Å². The number of halogens is 1. The van der Waals surface area contributed by atoms with Crippen LogP contribution in [0.2, 0.25) is 0 Å². The molecule has 0 aromatic heterocycles. The van der Waals surface area contributed by atoms with Crippen molar-refractivity contribution in [1.82, 2.24) is 0 Å². The molecule has 0 bridgehead atoms. The lowest BCUT2D eigenvalue weighted by atomic mass is 10.2. The molecule has 1 aliphatic heterocycles. The maximum Gasteiger partial charge on any atom is 0.264 e. The molecule has 5 nitrogen and oxygen atoms in total. The highest BCUT2D eigenvalue weighted by Crippen LogP contribution is 2.30. The topological polar surface area (TPSA) is 71.5 Å². The van der Waals surface area contributed by atoms with Crippen LogP contribution in [0, 0.1) is 6.92 Å². The summed E-state index contributed by atoms with van der Waals surface area (Å²) in [5, 5.41) is 1.08. The molecule has 0 fully saturated rings. The largest absolute Gasteiger partial charge is 0.264 e. The van der Waals surface area contributed by atoms with E-state index in [1.54, 1.807) is 36.4 Å². The van der Waals surface area contributed by atoms with Crippen molar-refractivity contribution >= 4 is 41.5 Å². The van der Waals surface area contributed by atoms with Crippen molar-refractivity contribution in [3.8, 4) is 0 Å². The van der Waals surface area contributed by atoms with Gasteiger partial charge < -0.3 is 0 Å². The maximum atomic E-state index is 13.2. The number of sulfonamides is 1. The molecular formula is C17H16BrNO4S2. The van der Waals surface area contributed by atoms with Crippen molar-refractivity contribution in [1.29, 1.82) is 0 Å². The minimum absolute atomic E-state index is 0.106. The molecule has 0 saturated carbocycles. The summed E-state index contributed by atoms with van der Waals surface area (Å²) in [7, 11) is -7.32. The van der Waals surface area contributed by atoms with E-state index in [-0.39, 0.29) is 10.6 Å². The van der Waals surface area contributed by atoms with Gasteiger partial charge in [0.1, 0.15) is 0 Å². The first-order valence-corrected chi connectivity index (χ1v) is 11.4. The average Bonchev–Trinajstić information content (AvgIpc) is 2.89. The molecule has 1 unspecified atom stereocenters. The van der Waals surface area contributed by atoms with E-state index in [1.165, 1.54) is 22.5 Å². The van der Waals surface area contributed by atoms with Crippen molar-refractivity contribution in [2.24, 2.45) is 0 Å². The lowest BCUT2D eigenvalue weighted by Crippen LogP contribution is -2.41. The van der Waals surface area contributed by atoms with Gasteiger partial charge in [-0.25, -0.2) is 16.8 Å². The van der Waals surface area contributed by atoms with Gasteiger partial charge in [-0.05, 0) is 49.4 Å². The predicted octanol–water partition coefficient (Wildman–Crippen LogP) is 3.26. The molecule has 1 aliphatic rings. The van der Waals surface area contributed by atoms with Crippen LogP contribution in [-0.4, -0.2) is 28.6 Å². The van der Waals surface area contributed by atoms with Crippen LogP contribution in [0.1, 0.15) is 5.56 Å². The van der Waals surface area contributed by atoms with E-state index in [1.807, 2.05) is 6.92 Å². The first-order chi connectivity index (χ1) is 11.7. The SMILES string of the molecule is Cc1ccc(N(C2C=CS(=O)(=O)C2)S(=O)(=O)c2ccc(Br)cc2)cc1. The highest BCUT2D eigenvalue weighted by Gasteiger charge is 2.35. The monoisotopic (exact) mass is 441 g/mol. The average molecular weight is 442 g/mol. The number of aryl methyl sites for hydroxylation is 1. The van der Waals surface area contributed by atoms with Crippen LogP contribution < -0.4 is 4.31 Å². The zero-order chi connectivity index (χ0) is 18.2. The van der Waals surface area contributed by atoms with Gasteiger partial charge in [0.2, 0.25) is 0 Å². The quantitative estimate of drug-likeness (QED) is 0.729. The third-order valence-electron chi connectivity index (χ3n) is 3.87. The molecule has 0 radical (unpaired) electrons. The van der Waals surface area contributed by atoms with E-state index in [0.717, 1.165) is 15.4 Å². The molecule has 2 aromatic rings. The first kappa shape index (κ1) is 18.2. The summed E-state index contributed by atoms with van der Waals surface area (Å²) in [5.41, 5.74) is 1.42. The second-order valence-electron chi connectivity index (χ2n) is 5.82. The molecule has 0 aliphatic carbocycles. The Balaban J connectivity index is 2.12. The Bertz CT molecular complexity index is 1010. The van der Waals surface area contributed by atoms with Gasteiger partial charge in [-0.1, -0.05) is 33.6 Å². The third kappa shape index (κ3) is 3.80. The second-order valence-corrected chi connectivity index (χ2v) is 10.5. The molecule has 8 heteroatoms. The fraction of sp³-hybridized carbons (Fsp3) is 0.176. The fourth-order valence-corrected chi connectivity index (χ4v) is 5.86. The number of anilines is 1. The number of hydrogen-bond acceptors (Lipinski definition) is 4. The minimum Gasteiger partial charge on any atom is -0.258 e. The molecule has 1 heterocycles. The lowest BCUT2D eigenvalue weighted by molar-refractivity contribution is 0.586. The Morgan fingerprint density at radius 2 is 1.64 bits per heavy atom. The predicted molar refractivity (Wildman–Crippen MR) is 102 cm³/mol. The first-order valence-electron chi connectivity index (χ1n) is 7.47.